The number of hydrazone groups is 1. The van der Waals surface area contributed by atoms with Crippen molar-refractivity contribution in [2.24, 2.45) is 5.10 Å². The Morgan fingerprint density at radius 2 is 2.10 bits per heavy atom. The summed E-state index contributed by atoms with van der Waals surface area (Å²) in [4.78, 5) is 11.8. The summed E-state index contributed by atoms with van der Waals surface area (Å²) in [6, 6.07) is 9.88. The van der Waals surface area contributed by atoms with Crippen LogP contribution in [0.3, 0.4) is 0 Å². The van der Waals surface area contributed by atoms with Gasteiger partial charge >= 0.3 is 0 Å². The molecular weight excluding hydrogens is 256 g/mol. The molecule has 0 aliphatic carbocycles. The molecule has 20 heavy (non-hydrogen) atoms. The van der Waals surface area contributed by atoms with Crippen molar-refractivity contribution < 1.29 is 14.3 Å². The van der Waals surface area contributed by atoms with Crippen molar-refractivity contribution in [1.29, 1.82) is 0 Å². The van der Waals surface area contributed by atoms with Gasteiger partial charge in [0.15, 0.2) is 0 Å². The highest BCUT2D eigenvalue weighted by molar-refractivity contribution is 6.00. The lowest BCUT2D eigenvalue weighted by molar-refractivity contribution is 0.0952. The van der Waals surface area contributed by atoms with Crippen LogP contribution in [-0.4, -0.2) is 16.7 Å². The molecule has 1 heterocycles. The van der Waals surface area contributed by atoms with Gasteiger partial charge in [0.1, 0.15) is 11.5 Å². The number of carbonyl (C=O) groups is 1. The van der Waals surface area contributed by atoms with Crippen molar-refractivity contribution in [2.45, 2.75) is 6.92 Å². The molecule has 0 spiro atoms. The fourth-order valence-corrected chi connectivity index (χ4v) is 1.49. The van der Waals surface area contributed by atoms with Crippen LogP contribution in [0.5, 0.6) is 5.75 Å². The van der Waals surface area contributed by atoms with Crippen LogP contribution in [0.1, 0.15) is 23.0 Å². The fourth-order valence-electron chi connectivity index (χ4n) is 1.49. The Morgan fingerprint density at radius 3 is 2.80 bits per heavy atom. The van der Waals surface area contributed by atoms with Gasteiger partial charge in [0.2, 0.25) is 0 Å². The highest BCUT2D eigenvalue weighted by atomic mass is 16.3. The normalized spacial score (nSPS) is 11.8. The lowest BCUT2D eigenvalue weighted by Crippen LogP contribution is -2.18. The molecule has 1 aromatic heterocycles. The van der Waals surface area contributed by atoms with Crippen LogP contribution in [0.15, 0.2) is 58.3 Å². The van der Waals surface area contributed by atoms with Gasteiger partial charge in [0.25, 0.3) is 5.91 Å². The molecule has 5 heteroatoms. The van der Waals surface area contributed by atoms with Crippen molar-refractivity contribution in [3.8, 4) is 5.75 Å². The third-order valence-corrected chi connectivity index (χ3v) is 2.51. The van der Waals surface area contributed by atoms with Gasteiger partial charge in [0, 0.05) is 0 Å². The number of allylic oxidation sites excluding steroid dienone is 1. The average Bonchev–Trinajstić information content (AvgIpc) is 2.96. The van der Waals surface area contributed by atoms with E-state index < -0.39 is 5.91 Å². The molecule has 1 amide bonds. The topological polar surface area (TPSA) is 74.8 Å². The summed E-state index contributed by atoms with van der Waals surface area (Å²) in [6.07, 6.45) is 5.03. The quantitative estimate of drug-likeness (QED) is 0.662. The predicted molar refractivity (Wildman–Crippen MR) is 76.4 cm³/mol. The van der Waals surface area contributed by atoms with E-state index in [-0.39, 0.29) is 11.3 Å². The highest BCUT2D eigenvalue weighted by Crippen LogP contribution is 2.14. The Hall–Kier alpha value is -2.82. The minimum Gasteiger partial charge on any atom is -0.507 e. The number of amides is 1. The summed E-state index contributed by atoms with van der Waals surface area (Å²) in [6.45, 7) is 1.74. The second-order valence-corrected chi connectivity index (χ2v) is 4.06. The molecular formula is C15H14N2O3. The van der Waals surface area contributed by atoms with E-state index in [2.05, 4.69) is 10.5 Å². The van der Waals surface area contributed by atoms with Crippen LogP contribution in [0.4, 0.5) is 0 Å². The lowest BCUT2D eigenvalue weighted by Gasteiger charge is -2.02. The van der Waals surface area contributed by atoms with E-state index in [4.69, 9.17) is 4.42 Å². The number of rotatable bonds is 4. The van der Waals surface area contributed by atoms with Crippen molar-refractivity contribution >= 4 is 17.7 Å². The van der Waals surface area contributed by atoms with Gasteiger partial charge in [-0.1, -0.05) is 12.1 Å². The van der Waals surface area contributed by atoms with E-state index in [0.29, 0.717) is 11.5 Å². The number of phenolic OH excluding ortho intramolecular Hbond substituents is 1. The second-order valence-electron chi connectivity index (χ2n) is 4.06. The highest BCUT2D eigenvalue weighted by Gasteiger charge is 2.08. The monoisotopic (exact) mass is 270 g/mol. The number of furan rings is 1. The maximum absolute atomic E-state index is 11.8. The number of phenols is 1. The number of para-hydroxylation sites is 1. The number of hydrogen-bond donors (Lipinski definition) is 2. The number of carbonyl (C=O) groups excluding carboxylic acids is 1. The standard InChI is InChI=1S/C15H14N2O3/c1-11(8-9-12-5-4-10-20-12)16-17-15(19)13-6-2-3-7-14(13)18/h2-10,18H,1H3,(H,17,19). The van der Waals surface area contributed by atoms with Crippen LogP contribution in [0, 0.1) is 0 Å². The first-order valence-electron chi connectivity index (χ1n) is 6.01. The Morgan fingerprint density at radius 1 is 1.30 bits per heavy atom. The van der Waals surface area contributed by atoms with Gasteiger partial charge in [-0.3, -0.25) is 4.79 Å². The zero-order valence-electron chi connectivity index (χ0n) is 10.9. The Balaban J connectivity index is 1.98. The molecule has 0 bridgehead atoms. The maximum atomic E-state index is 11.8. The van der Waals surface area contributed by atoms with E-state index >= 15 is 0 Å². The smallest absolute Gasteiger partial charge is 0.275 e. The van der Waals surface area contributed by atoms with Crippen LogP contribution in [0.25, 0.3) is 6.08 Å². The molecule has 0 saturated heterocycles. The maximum Gasteiger partial charge on any atom is 0.275 e. The number of benzene rings is 1. The molecule has 0 saturated carbocycles. The van der Waals surface area contributed by atoms with Crippen molar-refractivity contribution in [3.05, 3.63) is 60.1 Å². The number of hydrogen-bond acceptors (Lipinski definition) is 4. The van der Waals surface area contributed by atoms with Crippen molar-refractivity contribution in [3.63, 3.8) is 0 Å². The molecule has 2 aromatic rings. The van der Waals surface area contributed by atoms with E-state index in [1.807, 2.05) is 6.07 Å². The van der Waals surface area contributed by atoms with E-state index in [0.717, 1.165) is 0 Å². The minimum absolute atomic E-state index is 0.0796. The molecule has 0 radical (unpaired) electrons. The van der Waals surface area contributed by atoms with Gasteiger partial charge in [0.05, 0.1) is 17.5 Å². The molecule has 0 unspecified atom stereocenters. The minimum atomic E-state index is -0.464. The van der Waals surface area contributed by atoms with Crippen LogP contribution in [0.2, 0.25) is 0 Å². The molecule has 102 valence electrons. The summed E-state index contributed by atoms with van der Waals surface area (Å²) < 4.78 is 5.13. The number of nitrogens with one attached hydrogen (secondary N) is 1. The fraction of sp³-hybridized carbons (Fsp3) is 0.0667. The first kappa shape index (κ1) is 13.6. The number of nitrogens with zero attached hydrogens (tertiary/aromatic N) is 1. The molecule has 2 rings (SSSR count). The zero-order valence-corrected chi connectivity index (χ0v) is 10.9. The lowest BCUT2D eigenvalue weighted by atomic mass is 10.2. The van der Waals surface area contributed by atoms with Crippen molar-refractivity contribution in [2.75, 3.05) is 0 Å². The summed E-state index contributed by atoms with van der Waals surface area (Å²) in [5, 5.41) is 13.5. The summed E-state index contributed by atoms with van der Waals surface area (Å²) in [7, 11) is 0. The van der Waals surface area contributed by atoms with Gasteiger partial charge < -0.3 is 9.52 Å². The molecule has 0 atom stereocenters. The summed E-state index contributed by atoms with van der Waals surface area (Å²) in [5.74, 6) is 0.157. The molecule has 1 aromatic carbocycles. The zero-order chi connectivity index (χ0) is 14.4. The third kappa shape index (κ3) is 3.58. The average molecular weight is 270 g/mol. The van der Waals surface area contributed by atoms with Gasteiger partial charge in [-0.15, -0.1) is 0 Å². The largest absolute Gasteiger partial charge is 0.507 e. The Kier molecular flexibility index (Phi) is 4.34. The predicted octanol–water partition coefficient (Wildman–Crippen LogP) is 2.80. The van der Waals surface area contributed by atoms with Crippen LogP contribution < -0.4 is 5.43 Å². The van der Waals surface area contributed by atoms with E-state index in [9.17, 15) is 9.90 Å². The van der Waals surface area contributed by atoms with E-state index in [1.165, 1.54) is 12.1 Å². The SMILES string of the molecule is CC(C=Cc1ccco1)=NNC(=O)c1ccccc1O. The molecule has 2 N–H and O–H groups in total. The summed E-state index contributed by atoms with van der Waals surface area (Å²) in [5.41, 5.74) is 3.16. The van der Waals surface area contributed by atoms with Gasteiger partial charge in [-0.2, -0.15) is 5.10 Å². The first-order chi connectivity index (χ1) is 9.66. The van der Waals surface area contributed by atoms with Crippen LogP contribution in [-0.2, 0) is 0 Å². The van der Waals surface area contributed by atoms with Gasteiger partial charge in [-0.25, -0.2) is 5.43 Å². The summed E-state index contributed by atoms with van der Waals surface area (Å²) >= 11 is 0. The first-order valence-corrected chi connectivity index (χ1v) is 6.01. The molecule has 0 aliphatic rings. The van der Waals surface area contributed by atoms with Crippen molar-refractivity contribution in [1.82, 2.24) is 5.43 Å². The Bertz CT molecular complexity index is 643. The molecule has 5 nitrogen and oxygen atoms in total. The van der Waals surface area contributed by atoms with Gasteiger partial charge in [-0.05, 0) is 43.3 Å². The number of aromatic hydroxyl groups is 1. The van der Waals surface area contributed by atoms with E-state index in [1.54, 1.807) is 43.5 Å². The Labute approximate surface area is 116 Å². The third-order valence-electron chi connectivity index (χ3n) is 2.51. The molecule has 0 fully saturated rings. The molecule has 0 aliphatic heterocycles. The second kappa shape index (κ2) is 6.38. The van der Waals surface area contributed by atoms with Crippen LogP contribution >= 0.6 is 0 Å².